The minimum atomic E-state index is 0.370. The van der Waals surface area contributed by atoms with Gasteiger partial charge < -0.3 is 10.1 Å². The molecule has 1 aliphatic heterocycles. The Balaban J connectivity index is 1.93. The molecule has 0 amide bonds. The molecule has 1 heterocycles. The van der Waals surface area contributed by atoms with Crippen molar-refractivity contribution in [1.82, 2.24) is 10.2 Å². The van der Waals surface area contributed by atoms with Gasteiger partial charge in [0.05, 0.1) is 6.61 Å². The highest BCUT2D eigenvalue weighted by molar-refractivity contribution is 4.90. The van der Waals surface area contributed by atoms with Gasteiger partial charge in [0.25, 0.3) is 0 Å². The lowest BCUT2D eigenvalue weighted by Crippen LogP contribution is -2.47. The fraction of sp³-hybridized carbons (Fsp3) is 1.00. The van der Waals surface area contributed by atoms with Gasteiger partial charge in [-0.2, -0.15) is 0 Å². The maximum absolute atomic E-state index is 5.70. The van der Waals surface area contributed by atoms with Crippen LogP contribution < -0.4 is 5.32 Å². The third-order valence-electron chi connectivity index (χ3n) is 4.72. The molecule has 0 spiro atoms. The lowest BCUT2D eigenvalue weighted by Gasteiger charge is -2.37. The summed E-state index contributed by atoms with van der Waals surface area (Å²) in [5, 5.41) is 3.54. The summed E-state index contributed by atoms with van der Waals surface area (Å²) in [5.41, 5.74) is 0.370. The van der Waals surface area contributed by atoms with Crippen LogP contribution in [0.3, 0.4) is 0 Å². The zero-order chi connectivity index (χ0) is 12.8. The van der Waals surface area contributed by atoms with Crippen LogP contribution in [-0.4, -0.2) is 50.3 Å². The molecule has 3 heteroatoms. The predicted molar refractivity (Wildman–Crippen MR) is 75.9 cm³/mol. The quantitative estimate of drug-likeness (QED) is 0.754. The summed E-state index contributed by atoms with van der Waals surface area (Å²) in [4.78, 5) is 2.72. The second-order valence-corrected chi connectivity index (χ2v) is 6.08. The van der Waals surface area contributed by atoms with E-state index in [2.05, 4.69) is 24.1 Å². The van der Waals surface area contributed by atoms with Gasteiger partial charge in [0.2, 0.25) is 0 Å². The van der Waals surface area contributed by atoms with Crippen LogP contribution in [0.15, 0.2) is 0 Å². The molecule has 1 N–H and O–H groups in total. The Kier molecular flexibility index (Phi) is 5.46. The second kappa shape index (κ2) is 6.88. The molecule has 0 radical (unpaired) electrons. The van der Waals surface area contributed by atoms with Crippen LogP contribution in [0.1, 0.15) is 46.0 Å². The minimum absolute atomic E-state index is 0.370. The van der Waals surface area contributed by atoms with E-state index >= 15 is 0 Å². The fourth-order valence-electron chi connectivity index (χ4n) is 3.56. The molecule has 1 atom stereocenters. The first kappa shape index (κ1) is 14.3. The van der Waals surface area contributed by atoms with Crippen LogP contribution in [0, 0.1) is 5.41 Å². The molecule has 1 saturated heterocycles. The average Bonchev–Trinajstić information content (AvgIpc) is 3.05. The number of ether oxygens (including phenoxy) is 1. The SMILES string of the molecule is CCNCC1(CN(CC)C2CCCC2)CCOC1. The van der Waals surface area contributed by atoms with Crippen molar-refractivity contribution >= 4 is 0 Å². The maximum atomic E-state index is 5.70. The van der Waals surface area contributed by atoms with Crippen molar-refractivity contribution in [2.24, 2.45) is 5.41 Å². The van der Waals surface area contributed by atoms with Gasteiger partial charge in [0.15, 0.2) is 0 Å². The van der Waals surface area contributed by atoms with E-state index in [0.717, 1.165) is 32.3 Å². The molecule has 106 valence electrons. The Morgan fingerprint density at radius 2 is 2.06 bits per heavy atom. The van der Waals surface area contributed by atoms with Gasteiger partial charge in [-0.25, -0.2) is 0 Å². The van der Waals surface area contributed by atoms with Gasteiger partial charge in [0.1, 0.15) is 0 Å². The normalized spacial score (nSPS) is 29.5. The van der Waals surface area contributed by atoms with Crippen molar-refractivity contribution in [1.29, 1.82) is 0 Å². The lowest BCUT2D eigenvalue weighted by molar-refractivity contribution is 0.0894. The standard InChI is InChI=1S/C15H30N2O/c1-3-16-11-15(9-10-18-13-15)12-17(4-2)14-7-5-6-8-14/h14,16H,3-13H2,1-2H3. The lowest BCUT2D eigenvalue weighted by atomic mass is 9.86. The topological polar surface area (TPSA) is 24.5 Å². The Bertz CT molecular complexity index is 233. The summed E-state index contributed by atoms with van der Waals surface area (Å²) in [6.45, 7) is 11.0. The smallest absolute Gasteiger partial charge is 0.0547 e. The van der Waals surface area contributed by atoms with E-state index in [4.69, 9.17) is 4.74 Å². The summed E-state index contributed by atoms with van der Waals surface area (Å²) >= 11 is 0. The van der Waals surface area contributed by atoms with E-state index in [9.17, 15) is 0 Å². The third-order valence-corrected chi connectivity index (χ3v) is 4.72. The largest absolute Gasteiger partial charge is 0.381 e. The van der Waals surface area contributed by atoms with Gasteiger partial charge in [-0.1, -0.05) is 26.7 Å². The highest BCUT2D eigenvalue weighted by Crippen LogP contribution is 2.32. The molecular weight excluding hydrogens is 224 g/mol. The number of nitrogens with one attached hydrogen (secondary N) is 1. The first-order valence-electron chi connectivity index (χ1n) is 7.82. The van der Waals surface area contributed by atoms with Gasteiger partial charge in [0, 0.05) is 31.2 Å². The molecule has 0 aromatic heterocycles. The van der Waals surface area contributed by atoms with E-state index in [-0.39, 0.29) is 0 Å². The van der Waals surface area contributed by atoms with Gasteiger partial charge in [-0.3, -0.25) is 4.90 Å². The average molecular weight is 254 g/mol. The zero-order valence-electron chi connectivity index (χ0n) is 12.2. The minimum Gasteiger partial charge on any atom is -0.381 e. The predicted octanol–water partition coefficient (Wildman–Crippen LogP) is 2.27. The molecule has 0 aromatic carbocycles. The Labute approximate surface area is 112 Å². The van der Waals surface area contributed by atoms with Crippen LogP contribution in [-0.2, 0) is 4.74 Å². The molecule has 1 unspecified atom stereocenters. The molecule has 2 rings (SSSR count). The monoisotopic (exact) mass is 254 g/mol. The van der Waals surface area contributed by atoms with Crippen LogP contribution in [0.4, 0.5) is 0 Å². The van der Waals surface area contributed by atoms with Crippen LogP contribution in [0.25, 0.3) is 0 Å². The molecule has 1 aliphatic carbocycles. The highest BCUT2D eigenvalue weighted by Gasteiger charge is 2.37. The molecule has 3 nitrogen and oxygen atoms in total. The summed E-state index contributed by atoms with van der Waals surface area (Å²) in [6, 6.07) is 0.842. The Morgan fingerprint density at radius 3 is 2.61 bits per heavy atom. The molecule has 2 fully saturated rings. The molecular formula is C15H30N2O. The van der Waals surface area contributed by atoms with Gasteiger partial charge in [-0.15, -0.1) is 0 Å². The van der Waals surface area contributed by atoms with Crippen LogP contribution in [0.2, 0.25) is 0 Å². The second-order valence-electron chi connectivity index (χ2n) is 6.08. The fourth-order valence-corrected chi connectivity index (χ4v) is 3.56. The third kappa shape index (κ3) is 3.46. The van der Waals surface area contributed by atoms with E-state index in [0.29, 0.717) is 5.41 Å². The van der Waals surface area contributed by atoms with Crippen molar-refractivity contribution < 1.29 is 4.74 Å². The van der Waals surface area contributed by atoms with Crippen molar-refractivity contribution in [3.05, 3.63) is 0 Å². The van der Waals surface area contributed by atoms with Crippen molar-refractivity contribution in [3.63, 3.8) is 0 Å². The van der Waals surface area contributed by atoms with Gasteiger partial charge >= 0.3 is 0 Å². The van der Waals surface area contributed by atoms with E-state index < -0.39 is 0 Å². The first-order chi connectivity index (χ1) is 8.79. The van der Waals surface area contributed by atoms with Crippen LogP contribution in [0.5, 0.6) is 0 Å². The molecule has 0 aromatic rings. The highest BCUT2D eigenvalue weighted by atomic mass is 16.5. The zero-order valence-corrected chi connectivity index (χ0v) is 12.2. The molecule has 18 heavy (non-hydrogen) atoms. The number of hydrogen-bond acceptors (Lipinski definition) is 3. The number of rotatable bonds is 7. The van der Waals surface area contributed by atoms with E-state index in [1.807, 2.05) is 0 Å². The van der Waals surface area contributed by atoms with Crippen molar-refractivity contribution in [2.45, 2.75) is 52.0 Å². The Hall–Kier alpha value is -0.120. The summed E-state index contributed by atoms with van der Waals surface area (Å²) in [5.74, 6) is 0. The Morgan fingerprint density at radius 1 is 1.28 bits per heavy atom. The molecule has 2 aliphatic rings. The maximum Gasteiger partial charge on any atom is 0.0547 e. The van der Waals surface area contributed by atoms with E-state index in [1.54, 1.807) is 0 Å². The first-order valence-corrected chi connectivity index (χ1v) is 7.82. The van der Waals surface area contributed by atoms with Gasteiger partial charge in [-0.05, 0) is 32.4 Å². The van der Waals surface area contributed by atoms with Crippen molar-refractivity contribution in [2.75, 3.05) is 39.4 Å². The van der Waals surface area contributed by atoms with Crippen LogP contribution >= 0.6 is 0 Å². The number of nitrogens with zero attached hydrogens (tertiary/aromatic N) is 1. The molecule has 0 bridgehead atoms. The summed E-state index contributed by atoms with van der Waals surface area (Å²) < 4.78 is 5.70. The van der Waals surface area contributed by atoms with Crippen molar-refractivity contribution in [3.8, 4) is 0 Å². The number of hydrogen-bond donors (Lipinski definition) is 1. The summed E-state index contributed by atoms with van der Waals surface area (Å²) in [7, 11) is 0. The summed E-state index contributed by atoms with van der Waals surface area (Å²) in [6.07, 6.45) is 6.90. The molecule has 1 saturated carbocycles. The van der Waals surface area contributed by atoms with E-state index in [1.165, 1.54) is 45.2 Å².